The van der Waals surface area contributed by atoms with Crippen LogP contribution in [0.1, 0.15) is 25.5 Å². The Balaban J connectivity index is 2.09. The van der Waals surface area contributed by atoms with Crippen molar-refractivity contribution in [2.24, 2.45) is 0 Å². The number of benzene rings is 2. The Kier molecular flexibility index (Phi) is 5.32. The molecule has 0 radical (unpaired) electrons. The molecule has 0 amide bonds. The minimum absolute atomic E-state index is 0.197. The highest BCUT2D eigenvalue weighted by atomic mass is 79.9. The van der Waals surface area contributed by atoms with Gasteiger partial charge in [-0.3, -0.25) is 0 Å². The Bertz CT molecular complexity index is 571. The average molecular weight is 355 g/mol. The molecule has 20 heavy (non-hydrogen) atoms. The monoisotopic (exact) mass is 353 g/mol. The average Bonchev–Trinajstić information content (AvgIpc) is 2.43. The van der Waals surface area contributed by atoms with Gasteiger partial charge < -0.3 is 10.1 Å². The molecule has 0 aromatic heterocycles. The molecule has 0 saturated heterocycles. The second kappa shape index (κ2) is 7.00. The van der Waals surface area contributed by atoms with Crippen LogP contribution in [0, 0.1) is 0 Å². The lowest BCUT2D eigenvalue weighted by Gasteiger charge is -2.17. The Morgan fingerprint density at radius 3 is 2.50 bits per heavy atom. The molecule has 1 unspecified atom stereocenters. The summed E-state index contributed by atoms with van der Waals surface area (Å²) in [7, 11) is 0. The van der Waals surface area contributed by atoms with E-state index in [1.165, 1.54) is 5.56 Å². The molecule has 0 aliphatic heterocycles. The first-order valence-corrected chi connectivity index (χ1v) is 7.71. The van der Waals surface area contributed by atoms with Crippen LogP contribution in [0.4, 0.5) is 5.69 Å². The van der Waals surface area contributed by atoms with Crippen molar-refractivity contribution in [2.75, 3.05) is 11.9 Å². The van der Waals surface area contributed by atoms with E-state index in [1.807, 2.05) is 37.3 Å². The highest BCUT2D eigenvalue weighted by Crippen LogP contribution is 2.29. The number of ether oxygens (including phenoxy) is 1. The third kappa shape index (κ3) is 3.90. The van der Waals surface area contributed by atoms with Gasteiger partial charge in [0.15, 0.2) is 0 Å². The lowest BCUT2D eigenvalue weighted by atomic mass is 10.1. The molecule has 0 aliphatic rings. The van der Waals surface area contributed by atoms with Crippen LogP contribution in [-0.4, -0.2) is 6.61 Å². The zero-order valence-corrected chi connectivity index (χ0v) is 13.8. The molecule has 1 atom stereocenters. The number of halogens is 2. The molecule has 106 valence electrons. The summed E-state index contributed by atoms with van der Waals surface area (Å²) in [6.45, 7) is 4.79. The lowest BCUT2D eigenvalue weighted by Crippen LogP contribution is -2.07. The van der Waals surface area contributed by atoms with Crippen LogP contribution in [0.25, 0.3) is 0 Å². The maximum Gasteiger partial charge on any atom is 0.119 e. The zero-order chi connectivity index (χ0) is 14.5. The quantitative estimate of drug-likeness (QED) is 0.746. The first kappa shape index (κ1) is 15.2. The third-order valence-corrected chi connectivity index (χ3v) is 3.89. The van der Waals surface area contributed by atoms with E-state index in [4.69, 9.17) is 16.3 Å². The summed E-state index contributed by atoms with van der Waals surface area (Å²) in [5, 5.41) is 4.18. The fourth-order valence-electron chi connectivity index (χ4n) is 1.94. The van der Waals surface area contributed by atoms with Crippen molar-refractivity contribution in [3.8, 4) is 5.75 Å². The molecule has 0 bridgehead atoms. The van der Waals surface area contributed by atoms with Crippen molar-refractivity contribution >= 4 is 33.2 Å². The molecule has 0 heterocycles. The van der Waals surface area contributed by atoms with Crippen LogP contribution in [0.3, 0.4) is 0 Å². The molecule has 4 heteroatoms. The summed E-state index contributed by atoms with van der Waals surface area (Å²) in [6, 6.07) is 14.1. The summed E-state index contributed by atoms with van der Waals surface area (Å²) in [5.74, 6) is 0.899. The van der Waals surface area contributed by atoms with Crippen LogP contribution in [0.15, 0.2) is 46.9 Å². The number of rotatable bonds is 5. The van der Waals surface area contributed by atoms with E-state index in [9.17, 15) is 0 Å². The fraction of sp³-hybridized carbons (Fsp3) is 0.250. The highest BCUT2D eigenvalue weighted by molar-refractivity contribution is 9.10. The minimum atomic E-state index is 0.197. The van der Waals surface area contributed by atoms with Gasteiger partial charge in [0.1, 0.15) is 5.75 Å². The van der Waals surface area contributed by atoms with Gasteiger partial charge in [-0.05, 0) is 65.7 Å². The van der Waals surface area contributed by atoms with Gasteiger partial charge in [0, 0.05) is 21.2 Å². The molecule has 1 N–H and O–H groups in total. The van der Waals surface area contributed by atoms with Crippen LogP contribution in [0.2, 0.25) is 5.02 Å². The minimum Gasteiger partial charge on any atom is -0.494 e. The summed E-state index contributed by atoms with van der Waals surface area (Å²) in [4.78, 5) is 0. The molecular weight excluding hydrogens is 338 g/mol. The smallest absolute Gasteiger partial charge is 0.119 e. The van der Waals surface area contributed by atoms with Gasteiger partial charge in [0.25, 0.3) is 0 Å². The molecule has 0 fully saturated rings. The molecule has 0 spiro atoms. The number of anilines is 1. The van der Waals surface area contributed by atoms with Gasteiger partial charge >= 0.3 is 0 Å². The standard InChI is InChI=1S/C16H17BrClNO/c1-3-20-14-7-4-12(5-8-14)11(2)19-16-9-6-13(18)10-15(16)17/h4-11,19H,3H2,1-2H3. The Morgan fingerprint density at radius 2 is 1.90 bits per heavy atom. The first-order valence-electron chi connectivity index (χ1n) is 6.54. The van der Waals surface area contributed by atoms with E-state index in [0.717, 1.165) is 20.9 Å². The van der Waals surface area contributed by atoms with Gasteiger partial charge in [-0.2, -0.15) is 0 Å². The second-order valence-electron chi connectivity index (χ2n) is 4.49. The second-order valence-corrected chi connectivity index (χ2v) is 5.78. The molecule has 2 nitrogen and oxygen atoms in total. The van der Waals surface area contributed by atoms with Crippen LogP contribution < -0.4 is 10.1 Å². The van der Waals surface area contributed by atoms with Gasteiger partial charge in [-0.25, -0.2) is 0 Å². The van der Waals surface area contributed by atoms with E-state index >= 15 is 0 Å². The fourth-order valence-corrected chi connectivity index (χ4v) is 2.74. The number of hydrogen-bond donors (Lipinski definition) is 1. The Hall–Kier alpha value is -1.19. The first-order chi connectivity index (χ1) is 9.60. The molecule has 2 aromatic carbocycles. The largest absolute Gasteiger partial charge is 0.494 e. The van der Waals surface area contributed by atoms with Crippen molar-refractivity contribution in [3.63, 3.8) is 0 Å². The lowest BCUT2D eigenvalue weighted by molar-refractivity contribution is 0.340. The SMILES string of the molecule is CCOc1ccc(C(C)Nc2ccc(Cl)cc2Br)cc1. The molecule has 0 saturated carbocycles. The predicted molar refractivity (Wildman–Crippen MR) is 88.8 cm³/mol. The maximum absolute atomic E-state index is 5.95. The summed E-state index contributed by atoms with van der Waals surface area (Å²) in [6.07, 6.45) is 0. The number of nitrogens with one attached hydrogen (secondary N) is 1. The van der Waals surface area contributed by atoms with E-state index in [1.54, 1.807) is 0 Å². The maximum atomic E-state index is 5.95. The van der Waals surface area contributed by atoms with Gasteiger partial charge in [-0.15, -0.1) is 0 Å². The van der Waals surface area contributed by atoms with Crippen LogP contribution in [-0.2, 0) is 0 Å². The van der Waals surface area contributed by atoms with Gasteiger partial charge in [0.05, 0.1) is 6.61 Å². The van der Waals surface area contributed by atoms with Gasteiger partial charge in [-0.1, -0.05) is 23.7 Å². The van der Waals surface area contributed by atoms with Crippen molar-refractivity contribution < 1.29 is 4.74 Å². The topological polar surface area (TPSA) is 21.3 Å². The van der Waals surface area contributed by atoms with E-state index in [0.29, 0.717) is 6.61 Å². The zero-order valence-electron chi connectivity index (χ0n) is 11.5. The predicted octanol–water partition coefficient (Wildman–Crippen LogP) is 5.67. The normalized spacial score (nSPS) is 12.0. The van der Waals surface area contributed by atoms with Crippen molar-refractivity contribution in [3.05, 3.63) is 57.5 Å². The highest BCUT2D eigenvalue weighted by Gasteiger charge is 2.08. The summed E-state index contributed by atoms with van der Waals surface area (Å²) in [5.41, 5.74) is 2.23. The molecular formula is C16H17BrClNO. The van der Waals surface area contributed by atoms with Crippen LogP contribution >= 0.6 is 27.5 Å². The molecule has 0 aliphatic carbocycles. The third-order valence-electron chi connectivity index (χ3n) is 2.99. The Morgan fingerprint density at radius 1 is 1.20 bits per heavy atom. The van der Waals surface area contributed by atoms with Crippen LogP contribution in [0.5, 0.6) is 5.75 Å². The van der Waals surface area contributed by atoms with Crippen molar-refractivity contribution in [1.82, 2.24) is 0 Å². The summed E-state index contributed by atoms with van der Waals surface area (Å²) < 4.78 is 6.41. The summed E-state index contributed by atoms with van der Waals surface area (Å²) >= 11 is 9.46. The van der Waals surface area contributed by atoms with E-state index < -0.39 is 0 Å². The molecule has 2 aromatic rings. The Labute approximate surface area is 133 Å². The van der Waals surface area contributed by atoms with E-state index in [2.05, 4.69) is 40.3 Å². The van der Waals surface area contributed by atoms with E-state index in [-0.39, 0.29) is 6.04 Å². The number of hydrogen-bond acceptors (Lipinski definition) is 2. The van der Waals surface area contributed by atoms with Crippen molar-refractivity contribution in [1.29, 1.82) is 0 Å². The molecule has 2 rings (SSSR count). The van der Waals surface area contributed by atoms with Gasteiger partial charge in [0.2, 0.25) is 0 Å². The van der Waals surface area contributed by atoms with Crippen molar-refractivity contribution in [2.45, 2.75) is 19.9 Å².